The summed E-state index contributed by atoms with van der Waals surface area (Å²) in [5.74, 6) is -0.907. The van der Waals surface area contributed by atoms with Gasteiger partial charge >= 0.3 is 0 Å². The number of aliphatic hydroxyl groups excluding tert-OH is 3. The van der Waals surface area contributed by atoms with Crippen LogP contribution < -0.4 is 16.4 Å². The van der Waals surface area contributed by atoms with E-state index in [0.717, 1.165) is 0 Å². The zero-order valence-electron chi connectivity index (χ0n) is 14.1. The van der Waals surface area contributed by atoms with Gasteiger partial charge in [0.15, 0.2) is 0 Å². The number of rotatable bonds is 7. The number of carbonyl (C=O) groups is 2. The Hall–Kier alpha value is -2.16. The third-order valence-electron chi connectivity index (χ3n) is 3.87. The lowest BCUT2D eigenvalue weighted by Crippen LogP contribution is -2.35. The molecule has 0 spiro atoms. The Kier molecular flexibility index (Phi) is 7.15. The van der Waals surface area contributed by atoms with Gasteiger partial charge in [0.05, 0.1) is 19.3 Å². The largest absolute Gasteiger partial charge is 0.398 e. The molecule has 0 fully saturated rings. The maximum Gasteiger partial charge on any atom is 0.252 e. The van der Waals surface area contributed by atoms with Gasteiger partial charge in [-0.2, -0.15) is 0 Å². The van der Waals surface area contributed by atoms with Crippen molar-refractivity contribution in [1.29, 1.82) is 0 Å². The van der Waals surface area contributed by atoms with Crippen LogP contribution in [0.2, 0.25) is 0 Å². The number of anilines is 1. The lowest BCUT2D eigenvalue weighted by molar-refractivity contribution is 0.0801. The van der Waals surface area contributed by atoms with Crippen LogP contribution in [0.3, 0.4) is 0 Å². The van der Waals surface area contributed by atoms with E-state index < -0.39 is 24.5 Å². The van der Waals surface area contributed by atoms with Crippen LogP contribution in [0.1, 0.15) is 37.4 Å². The second kappa shape index (κ2) is 8.62. The molecule has 0 saturated carbocycles. The normalized spacial score (nSPS) is 11.9. The molecule has 1 rings (SSSR count). The first-order valence-corrected chi connectivity index (χ1v) is 7.61. The molecule has 1 aromatic rings. The summed E-state index contributed by atoms with van der Waals surface area (Å²) in [7, 11) is 0. The smallest absolute Gasteiger partial charge is 0.252 e. The molecule has 2 amide bonds. The molecule has 1 atom stereocenters. The number of aliphatic hydroxyl groups is 3. The molecule has 134 valence electrons. The van der Waals surface area contributed by atoms with Crippen LogP contribution in [-0.4, -0.2) is 59.5 Å². The van der Waals surface area contributed by atoms with Crippen LogP contribution in [0.15, 0.2) is 0 Å². The van der Waals surface area contributed by atoms with Crippen LogP contribution >= 0.6 is 0 Å². The number of nitrogens with two attached hydrogens (primary N) is 1. The summed E-state index contributed by atoms with van der Waals surface area (Å²) < 4.78 is 0. The van der Waals surface area contributed by atoms with Gasteiger partial charge in [0.25, 0.3) is 11.8 Å². The first-order chi connectivity index (χ1) is 11.3. The average molecular weight is 339 g/mol. The SMILES string of the molecule is Cc1c(N)c(C)c(C(=O)NCC(O)CO)c(C)c1C(=O)NCCO. The van der Waals surface area contributed by atoms with Gasteiger partial charge in [-0.25, -0.2) is 0 Å². The topological polar surface area (TPSA) is 145 Å². The van der Waals surface area contributed by atoms with Crippen LogP contribution in [0.4, 0.5) is 5.69 Å². The van der Waals surface area contributed by atoms with Crippen molar-refractivity contribution in [3.05, 3.63) is 27.8 Å². The van der Waals surface area contributed by atoms with E-state index in [1.165, 1.54) is 0 Å². The minimum atomic E-state index is -1.07. The highest BCUT2D eigenvalue weighted by molar-refractivity contribution is 6.05. The number of benzene rings is 1. The maximum atomic E-state index is 12.4. The monoisotopic (exact) mass is 339 g/mol. The number of carbonyl (C=O) groups excluding carboxylic acids is 2. The molecule has 7 N–H and O–H groups in total. The van der Waals surface area contributed by atoms with Crippen molar-refractivity contribution in [1.82, 2.24) is 10.6 Å². The first kappa shape index (κ1) is 19.9. The molecule has 0 aliphatic heterocycles. The predicted octanol–water partition coefficient (Wildman–Crippen LogP) is -1.00. The Morgan fingerprint density at radius 3 is 1.96 bits per heavy atom. The van der Waals surface area contributed by atoms with Gasteiger partial charge in [-0.15, -0.1) is 0 Å². The molecule has 0 bridgehead atoms. The highest BCUT2D eigenvalue weighted by Crippen LogP contribution is 2.29. The second-order valence-corrected chi connectivity index (χ2v) is 5.56. The molecule has 0 aliphatic carbocycles. The summed E-state index contributed by atoms with van der Waals surface area (Å²) in [6, 6.07) is 0. The third kappa shape index (κ3) is 4.22. The standard InChI is InChI=1S/C16H25N3O5/c1-8-12(15(23)18-4-5-20)9(2)14(17)10(3)13(8)16(24)19-6-11(22)7-21/h11,20-22H,4-7,17H2,1-3H3,(H,18,23)(H,19,24). The minimum Gasteiger partial charge on any atom is -0.398 e. The maximum absolute atomic E-state index is 12.4. The van der Waals surface area contributed by atoms with Crippen molar-refractivity contribution in [2.24, 2.45) is 0 Å². The summed E-state index contributed by atoms with van der Waals surface area (Å²) in [4.78, 5) is 24.7. The van der Waals surface area contributed by atoms with Gasteiger partial charge in [-0.1, -0.05) is 0 Å². The van der Waals surface area contributed by atoms with Crippen molar-refractivity contribution in [3.8, 4) is 0 Å². The molecule has 1 aromatic carbocycles. The van der Waals surface area contributed by atoms with E-state index in [-0.39, 0.29) is 25.3 Å². The van der Waals surface area contributed by atoms with Crippen molar-refractivity contribution >= 4 is 17.5 Å². The van der Waals surface area contributed by atoms with Gasteiger partial charge < -0.3 is 31.7 Å². The average Bonchev–Trinajstić information content (AvgIpc) is 2.55. The van der Waals surface area contributed by atoms with E-state index in [2.05, 4.69) is 10.6 Å². The Balaban J connectivity index is 3.28. The molecular weight excluding hydrogens is 314 g/mol. The van der Waals surface area contributed by atoms with Gasteiger partial charge in [0, 0.05) is 29.9 Å². The Labute approximate surface area is 140 Å². The van der Waals surface area contributed by atoms with E-state index in [9.17, 15) is 14.7 Å². The molecule has 0 radical (unpaired) electrons. The van der Waals surface area contributed by atoms with E-state index in [0.29, 0.717) is 27.9 Å². The van der Waals surface area contributed by atoms with Crippen LogP contribution in [0, 0.1) is 20.8 Å². The molecule has 0 aliphatic rings. The van der Waals surface area contributed by atoms with E-state index in [4.69, 9.17) is 15.9 Å². The zero-order chi connectivity index (χ0) is 18.4. The molecule has 0 heterocycles. The highest BCUT2D eigenvalue weighted by Gasteiger charge is 2.24. The lowest BCUT2D eigenvalue weighted by Gasteiger charge is -2.20. The first-order valence-electron chi connectivity index (χ1n) is 7.61. The van der Waals surface area contributed by atoms with Crippen LogP contribution in [-0.2, 0) is 0 Å². The molecule has 0 aromatic heterocycles. The Morgan fingerprint density at radius 1 is 1.00 bits per heavy atom. The number of nitrogen functional groups attached to an aromatic ring is 1. The summed E-state index contributed by atoms with van der Waals surface area (Å²) in [5.41, 5.74) is 8.50. The summed E-state index contributed by atoms with van der Waals surface area (Å²) in [5, 5.41) is 32.1. The van der Waals surface area contributed by atoms with Gasteiger partial charge in [-0.3, -0.25) is 9.59 Å². The minimum absolute atomic E-state index is 0.0930. The second-order valence-electron chi connectivity index (χ2n) is 5.56. The molecule has 0 saturated heterocycles. The van der Waals surface area contributed by atoms with Crippen LogP contribution in [0.5, 0.6) is 0 Å². The number of amides is 2. The predicted molar refractivity (Wildman–Crippen MR) is 89.9 cm³/mol. The van der Waals surface area contributed by atoms with Gasteiger partial charge in [-0.05, 0) is 37.5 Å². The summed E-state index contributed by atoms with van der Waals surface area (Å²) in [6.45, 7) is 4.33. The zero-order valence-corrected chi connectivity index (χ0v) is 14.1. The van der Waals surface area contributed by atoms with Crippen molar-refractivity contribution in [3.63, 3.8) is 0 Å². The fraction of sp³-hybridized carbons (Fsp3) is 0.500. The fourth-order valence-electron chi connectivity index (χ4n) is 2.54. The fourth-order valence-corrected chi connectivity index (χ4v) is 2.54. The third-order valence-corrected chi connectivity index (χ3v) is 3.87. The van der Waals surface area contributed by atoms with Crippen molar-refractivity contribution in [2.45, 2.75) is 26.9 Å². The molecule has 24 heavy (non-hydrogen) atoms. The van der Waals surface area contributed by atoms with Crippen molar-refractivity contribution < 1.29 is 24.9 Å². The Bertz CT molecular complexity index is 631. The van der Waals surface area contributed by atoms with E-state index in [1.54, 1.807) is 20.8 Å². The van der Waals surface area contributed by atoms with Gasteiger partial charge in [0.1, 0.15) is 0 Å². The molecular formula is C16H25N3O5. The highest BCUT2D eigenvalue weighted by atomic mass is 16.3. The van der Waals surface area contributed by atoms with Crippen LogP contribution in [0.25, 0.3) is 0 Å². The number of nitrogens with one attached hydrogen (secondary N) is 2. The lowest BCUT2D eigenvalue weighted by atomic mass is 9.90. The molecule has 8 heteroatoms. The summed E-state index contributed by atoms with van der Waals surface area (Å²) >= 11 is 0. The van der Waals surface area contributed by atoms with E-state index >= 15 is 0 Å². The van der Waals surface area contributed by atoms with Gasteiger partial charge in [0.2, 0.25) is 0 Å². The number of hydrogen-bond acceptors (Lipinski definition) is 6. The molecule has 1 unspecified atom stereocenters. The molecule has 8 nitrogen and oxygen atoms in total. The van der Waals surface area contributed by atoms with Crippen molar-refractivity contribution in [2.75, 3.05) is 32.0 Å². The van der Waals surface area contributed by atoms with E-state index in [1.807, 2.05) is 0 Å². The summed E-state index contributed by atoms with van der Waals surface area (Å²) in [6.07, 6.45) is -1.07. The Morgan fingerprint density at radius 2 is 1.50 bits per heavy atom. The number of hydrogen-bond donors (Lipinski definition) is 6. The quantitative estimate of drug-likeness (QED) is 0.351.